The lowest BCUT2D eigenvalue weighted by Crippen LogP contribution is -1.98. The quantitative estimate of drug-likeness (QED) is 0.413. The molecule has 0 aliphatic heterocycles. The van der Waals surface area contributed by atoms with Gasteiger partial charge in [0.1, 0.15) is 0 Å². The summed E-state index contributed by atoms with van der Waals surface area (Å²) in [5.74, 6) is 0.681. The van der Waals surface area contributed by atoms with Crippen LogP contribution < -0.4 is 0 Å². The Morgan fingerprint density at radius 1 is 1.00 bits per heavy atom. The van der Waals surface area contributed by atoms with Gasteiger partial charge >= 0.3 is 0 Å². The summed E-state index contributed by atoms with van der Waals surface area (Å²) in [6, 6.07) is 0. The first-order valence-electron chi connectivity index (χ1n) is 7.38. The summed E-state index contributed by atoms with van der Waals surface area (Å²) in [5, 5.41) is 0. The first-order chi connectivity index (χ1) is 8.02. The molecule has 0 amide bonds. The summed E-state index contributed by atoms with van der Waals surface area (Å²) >= 11 is 0. The van der Waals surface area contributed by atoms with Gasteiger partial charge in [-0.15, -0.1) is 0 Å². The van der Waals surface area contributed by atoms with Crippen molar-refractivity contribution in [3.8, 4) is 0 Å². The van der Waals surface area contributed by atoms with Gasteiger partial charge in [0.15, 0.2) is 0 Å². The van der Waals surface area contributed by atoms with E-state index in [2.05, 4.69) is 41.2 Å². The van der Waals surface area contributed by atoms with Gasteiger partial charge in [-0.3, -0.25) is 0 Å². The Morgan fingerprint density at radius 3 is 2.00 bits per heavy atom. The van der Waals surface area contributed by atoms with E-state index in [0.29, 0.717) is 5.92 Å². The van der Waals surface area contributed by atoms with E-state index in [0.717, 1.165) is 6.42 Å². The number of rotatable bonds is 9. The molecule has 17 heavy (non-hydrogen) atoms. The van der Waals surface area contributed by atoms with E-state index < -0.39 is 0 Å². The highest BCUT2D eigenvalue weighted by atomic mass is 14.1. The number of hydrogen-bond donors (Lipinski definition) is 0. The standard InChI is InChI=1S/C17H32/c1-7-9-11-15(5)13-17(12-10-8-2)16(6)14(3)4/h14H,5,7-13H2,1-4,6H3/b17-16+. The highest BCUT2D eigenvalue weighted by molar-refractivity contribution is 5.20. The van der Waals surface area contributed by atoms with Crippen molar-refractivity contribution in [2.75, 3.05) is 0 Å². The Hall–Kier alpha value is -0.520. The van der Waals surface area contributed by atoms with Crippen LogP contribution in [0.1, 0.15) is 79.6 Å². The van der Waals surface area contributed by atoms with Crippen LogP contribution in [0, 0.1) is 5.92 Å². The van der Waals surface area contributed by atoms with E-state index in [9.17, 15) is 0 Å². The molecule has 0 unspecified atom stereocenters. The normalized spacial score (nSPS) is 12.8. The zero-order chi connectivity index (χ0) is 13.3. The van der Waals surface area contributed by atoms with Crippen molar-refractivity contribution >= 4 is 0 Å². The fraction of sp³-hybridized carbons (Fsp3) is 0.765. The maximum Gasteiger partial charge on any atom is -0.0108 e. The summed E-state index contributed by atoms with van der Waals surface area (Å²) < 4.78 is 0. The smallest absolute Gasteiger partial charge is 0.0108 e. The van der Waals surface area contributed by atoms with E-state index in [1.54, 1.807) is 11.1 Å². The van der Waals surface area contributed by atoms with Crippen LogP contribution in [0.4, 0.5) is 0 Å². The average molecular weight is 236 g/mol. The molecular weight excluding hydrogens is 204 g/mol. The van der Waals surface area contributed by atoms with Gasteiger partial charge in [-0.05, 0) is 44.9 Å². The van der Waals surface area contributed by atoms with Crippen molar-refractivity contribution in [1.29, 1.82) is 0 Å². The van der Waals surface area contributed by atoms with Gasteiger partial charge in [-0.1, -0.05) is 63.8 Å². The highest BCUT2D eigenvalue weighted by Gasteiger charge is 2.07. The third kappa shape index (κ3) is 7.41. The Labute approximate surface area is 109 Å². The summed E-state index contributed by atoms with van der Waals surface area (Å²) in [4.78, 5) is 0. The van der Waals surface area contributed by atoms with Crippen LogP contribution in [0.15, 0.2) is 23.3 Å². The first kappa shape index (κ1) is 16.5. The predicted molar refractivity (Wildman–Crippen MR) is 80.3 cm³/mol. The molecular formula is C17H32. The van der Waals surface area contributed by atoms with Crippen LogP contribution in [0.2, 0.25) is 0 Å². The zero-order valence-electron chi connectivity index (χ0n) is 12.7. The average Bonchev–Trinajstić information content (AvgIpc) is 2.30. The van der Waals surface area contributed by atoms with Crippen molar-refractivity contribution in [2.45, 2.75) is 79.6 Å². The fourth-order valence-corrected chi connectivity index (χ4v) is 2.04. The number of hydrogen-bond acceptors (Lipinski definition) is 0. The second kappa shape index (κ2) is 9.50. The second-order valence-corrected chi connectivity index (χ2v) is 5.58. The second-order valence-electron chi connectivity index (χ2n) is 5.58. The molecule has 0 N–H and O–H groups in total. The van der Waals surface area contributed by atoms with E-state index in [1.165, 1.54) is 44.1 Å². The Morgan fingerprint density at radius 2 is 1.53 bits per heavy atom. The Bertz CT molecular complexity index is 243. The van der Waals surface area contributed by atoms with Crippen LogP contribution in [0.5, 0.6) is 0 Å². The fourth-order valence-electron chi connectivity index (χ4n) is 2.04. The molecule has 0 aromatic rings. The third-order valence-corrected chi connectivity index (χ3v) is 3.60. The van der Waals surface area contributed by atoms with Crippen molar-refractivity contribution in [3.05, 3.63) is 23.3 Å². The molecule has 0 heteroatoms. The summed E-state index contributed by atoms with van der Waals surface area (Å²) in [5.41, 5.74) is 4.68. The molecule has 0 aromatic carbocycles. The Kier molecular flexibility index (Phi) is 9.21. The van der Waals surface area contributed by atoms with Crippen molar-refractivity contribution in [2.24, 2.45) is 5.92 Å². The van der Waals surface area contributed by atoms with Gasteiger partial charge in [0.05, 0.1) is 0 Å². The van der Waals surface area contributed by atoms with E-state index in [4.69, 9.17) is 0 Å². The van der Waals surface area contributed by atoms with E-state index in [1.807, 2.05) is 0 Å². The Balaban J connectivity index is 4.48. The van der Waals surface area contributed by atoms with Gasteiger partial charge in [0.2, 0.25) is 0 Å². The van der Waals surface area contributed by atoms with Crippen LogP contribution in [-0.2, 0) is 0 Å². The molecule has 0 bridgehead atoms. The minimum Gasteiger partial charge on any atom is -0.0995 e. The minimum atomic E-state index is 0.681. The minimum absolute atomic E-state index is 0.681. The van der Waals surface area contributed by atoms with Gasteiger partial charge < -0.3 is 0 Å². The largest absolute Gasteiger partial charge is 0.0995 e. The summed E-state index contributed by atoms with van der Waals surface area (Å²) in [7, 11) is 0. The maximum absolute atomic E-state index is 4.25. The molecule has 0 aliphatic carbocycles. The molecule has 0 saturated heterocycles. The molecule has 0 fully saturated rings. The molecule has 0 spiro atoms. The van der Waals surface area contributed by atoms with Gasteiger partial charge in [-0.25, -0.2) is 0 Å². The maximum atomic E-state index is 4.25. The van der Waals surface area contributed by atoms with Gasteiger partial charge in [0, 0.05) is 0 Å². The monoisotopic (exact) mass is 236 g/mol. The highest BCUT2D eigenvalue weighted by Crippen LogP contribution is 2.26. The van der Waals surface area contributed by atoms with Gasteiger partial charge in [0.25, 0.3) is 0 Å². The van der Waals surface area contributed by atoms with Crippen molar-refractivity contribution in [3.63, 3.8) is 0 Å². The molecule has 0 radical (unpaired) electrons. The molecule has 0 rings (SSSR count). The van der Waals surface area contributed by atoms with Crippen LogP contribution in [-0.4, -0.2) is 0 Å². The molecule has 0 atom stereocenters. The summed E-state index contributed by atoms with van der Waals surface area (Å²) in [6.45, 7) is 15.7. The molecule has 0 nitrogen and oxygen atoms in total. The van der Waals surface area contributed by atoms with Crippen molar-refractivity contribution in [1.82, 2.24) is 0 Å². The van der Waals surface area contributed by atoms with Crippen LogP contribution >= 0.6 is 0 Å². The first-order valence-corrected chi connectivity index (χ1v) is 7.38. The lowest BCUT2D eigenvalue weighted by atomic mass is 9.90. The van der Waals surface area contributed by atoms with E-state index >= 15 is 0 Å². The number of unbranched alkanes of at least 4 members (excludes halogenated alkanes) is 2. The SMILES string of the molecule is C=C(CCCC)C/C(CCCC)=C(\C)C(C)C. The predicted octanol–water partition coefficient (Wildman–Crippen LogP) is 6.29. The molecule has 0 saturated carbocycles. The lowest BCUT2D eigenvalue weighted by Gasteiger charge is -2.16. The van der Waals surface area contributed by atoms with Crippen LogP contribution in [0.25, 0.3) is 0 Å². The third-order valence-electron chi connectivity index (χ3n) is 3.60. The molecule has 0 aromatic heterocycles. The lowest BCUT2D eigenvalue weighted by molar-refractivity contribution is 0.693. The van der Waals surface area contributed by atoms with Crippen LogP contribution in [0.3, 0.4) is 0 Å². The molecule has 100 valence electrons. The summed E-state index contributed by atoms with van der Waals surface area (Å²) in [6.07, 6.45) is 8.79. The molecule has 0 heterocycles. The topological polar surface area (TPSA) is 0 Å². The zero-order valence-corrected chi connectivity index (χ0v) is 12.7. The number of allylic oxidation sites excluding steroid dienone is 3. The molecule has 0 aliphatic rings. The van der Waals surface area contributed by atoms with Gasteiger partial charge in [-0.2, -0.15) is 0 Å². The van der Waals surface area contributed by atoms with E-state index in [-0.39, 0.29) is 0 Å². The van der Waals surface area contributed by atoms with Crippen molar-refractivity contribution < 1.29 is 0 Å².